The zero-order valence-electron chi connectivity index (χ0n) is 7.34. The Morgan fingerprint density at radius 2 is 2.21 bits per heavy atom. The first-order valence-electron chi connectivity index (χ1n) is 3.93. The molecule has 0 radical (unpaired) electrons. The van der Waals surface area contributed by atoms with Crippen LogP contribution in [0.4, 0.5) is 0 Å². The minimum absolute atomic E-state index is 0.357. The zero-order chi connectivity index (χ0) is 10.6. The van der Waals surface area contributed by atoms with Gasteiger partial charge in [-0.3, -0.25) is 4.79 Å². The quantitative estimate of drug-likeness (QED) is 0.746. The molecule has 1 aromatic rings. The number of aliphatic hydroxyl groups is 1. The van der Waals surface area contributed by atoms with E-state index in [2.05, 4.69) is 0 Å². The van der Waals surface area contributed by atoms with Crippen LogP contribution in [0.15, 0.2) is 17.5 Å². The van der Waals surface area contributed by atoms with Crippen molar-refractivity contribution in [1.82, 2.24) is 0 Å². The minimum Gasteiger partial charge on any atom is -0.395 e. The van der Waals surface area contributed by atoms with E-state index in [1.54, 1.807) is 17.5 Å². The van der Waals surface area contributed by atoms with Gasteiger partial charge in [-0.15, -0.1) is 11.3 Å². The van der Waals surface area contributed by atoms with Crippen LogP contribution < -0.4 is 0 Å². The fraction of sp³-hybridized carbons (Fsp3) is 0.375. The molecule has 0 spiro atoms. The summed E-state index contributed by atoms with van der Waals surface area (Å²) in [5.74, 6) is -1.29. The smallest absolute Gasteiger partial charge is 0.187 e. The number of ketones is 1. The van der Waals surface area contributed by atoms with Crippen molar-refractivity contribution in [3.05, 3.63) is 22.4 Å². The normalized spacial score (nSPS) is 11.5. The van der Waals surface area contributed by atoms with Gasteiger partial charge in [0.2, 0.25) is 0 Å². The van der Waals surface area contributed by atoms with Crippen molar-refractivity contribution < 1.29 is 18.3 Å². The molecule has 0 unspecified atom stereocenters. The SMILES string of the molecule is O=C(CS(=O)(=O)CCO)c1cccs1. The van der Waals surface area contributed by atoms with Crippen molar-refractivity contribution in [3.8, 4) is 0 Å². The molecule has 0 atom stereocenters. The summed E-state index contributed by atoms with van der Waals surface area (Å²) in [6.07, 6.45) is 0. The number of hydrogen-bond donors (Lipinski definition) is 1. The molecule has 0 saturated heterocycles. The molecule has 0 saturated carbocycles. The topological polar surface area (TPSA) is 71.4 Å². The van der Waals surface area contributed by atoms with Crippen molar-refractivity contribution in [1.29, 1.82) is 0 Å². The Kier molecular flexibility index (Phi) is 3.79. The number of Topliss-reactive ketones (excluding diaryl/α,β-unsaturated/α-hetero) is 1. The third kappa shape index (κ3) is 3.21. The first kappa shape index (κ1) is 11.4. The minimum atomic E-state index is -3.45. The van der Waals surface area contributed by atoms with E-state index in [0.29, 0.717) is 4.88 Å². The summed E-state index contributed by atoms with van der Waals surface area (Å²) in [4.78, 5) is 11.8. The second-order valence-corrected chi connectivity index (χ2v) is 5.85. The Balaban J connectivity index is 2.67. The van der Waals surface area contributed by atoms with E-state index >= 15 is 0 Å². The van der Waals surface area contributed by atoms with E-state index < -0.39 is 28.0 Å². The van der Waals surface area contributed by atoms with Crippen molar-refractivity contribution in [2.45, 2.75) is 0 Å². The summed E-state index contributed by atoms with van der Waals surface area (Å²) < 4.78 is 22.3. The summed E-state index contributed by atoms with van der Waals surface area (Å²) in [6, 6.07) is 3.28. The Labute approximate surface area is 86.1 Å². The Hall–Kier alpha value is -0.720. The molecule has 78 valence electrons. The predicted molar refractivity (Wildman–Crippen MR) is 54.4 cm³/mol. The van der Waals surface area contributed by atoms with E-state index in [-0.39, 0.29) is 5.75 Å². The molecule has 0 aliphatic carbocycles. The first-order valence-corrected chi connectivity index (χ1v) is 6.63. The summed E-state index contributed by atoms with van der Waals surface area (Å²) >= 11 is 1.21. The average molecular weight is 234 g/mol. The highest BCUT2D eigenvalue weighted by Crippen LogP contribution is 2.10. The van der Waals surface area contributed by atoms with Gasteiger partial charge in [0.05, 0.1) is 17.2 Å². The molecule has 1 heterocycles. The molecule has 0 aliphatic rings. The molecule has 0 bridgehead atoms. The Bertz CT molecular complexity index is 391. The number of aliphatic hydroxyl groups excluding tert-OH is 1. The van der Waals surface area contributed by atoms with E-state index in [4.69, 9.17) is 5.11 Å². The molecule has 14 heavy (non-hydrogen) atoms. The second-order valence-electron chi connectivity index (χ2n) is 2.72. The van der Waals surface area contributed by atoms with Crippen molar-refractivity contribution in [2.24, 2.45) is 0 Å². The summed E-state index contributed by atoms with van der Waals surface area (Å²) in [6.45, 7) is -0.444. The van der Waals surface area contributed by atoms with Gasteiger partial charge in [0.25, 0.3) is 0 Å². The highest BCUT2D eigenvalue weighted by molar-refractivity contribution is 7.92. The lowest BCUT2D eigenvalue weighted by Gasteiger charge is -1.99. The van der Waals surface area contributed by atoms with Gasteiger partial charge in [0, 0.05) is 0 Å². The summed E-state index contributed by atoms with van der Waals surface area (Å²) in [5, 5.41) is 10.2. The highest BCUT2D eigenvalue weighted by atomic mass is 32.2. The van der Waals surface area contributed by atoms with E-state index in [1.165, 1.54) is 11.3 Å². The van der Waals surface area contributed by atoms with Gasteiger partial charge in [0.15, 0.2) is 15.6 Å². The number of rotatable bonds is 5. The lowest BCUT2D eigenvalue weighted by molar-refractivity contribution is 0.102. The molecular weight excluding hydrogens is 224 g/mol. The second kappa shape index (κ2) is 4.68. The Morgan fingerprint density at radius 3 is 2.71 bits per heavy atom. The van der Waals surface area contributed by atoms with Crippen LogP contribution in [0.2, 0.25) is 0 Å². The van der Waals surface area contributed by atoms with Crippen LogP contribution in [0.25, 0.3) is 0 Å². The fourth-order valence-corrected chi connectivity index (χ4v) is 2.65. The summed E-state index contributed by atoms with van der Waals surface area (Å²) in [5.41, 5.74) is 0. The number of carbonyl (C=O) groups is 1. The van der Waals surface area contributed by atoms with Crippen LogP contribution in [0.3, 0.4) is 0 Å². The van der Waals surface area contributed by atoms with E-state index in [0.717, 1.165) is 0 Å². The van der Waals surface area contributed by atoms with Crippen molar-refractivity contribution in [3.63, 3.8) is 0 Å². The molecule has 0 amide bonds. The number of sulfone groups is 1. The molecule has 1 N–H and O–H groups in total. The largest absolute Gasteiger partial charge is 0.395 e. The highest BCUT2D eigenvalue weighted by Gasteiger charge is 2.17. The molecule has 6 heteroatoms. The molecule has 0 aliphatic heterocycles. The van der Waals surface area contributed by atoms with Crippen LogP contribution in [0, 0.1) is 0 Å². The van der Waals surface area contributed by atoms with Crippen LogP contribution in [-0.2, 0) is 9.84 Å². The zero-order valence-corrected chi connectivity index (χ0v) is 8.97. The monoisotopic (exact) mass is 234 g/mol. The number of thiophene rings is 1. The van der Waals surface area contributed by atoms with Gasteiger partial charge in [-0.25, -0.2) is 8.42 Å². The van der Waals surface area contributed by atoms with Gasteiger partial charge >= 0.3 is 0 Å². The molecule has 1 rings (SSSR count). The maximum Gasteiger partial charge on any atom is 0.187 e. The van der Waals surface area contributed by atoms with E-state index in [9.17, 15) is 13.2 Å². The summed E-state index contributed by atoms with van der Waals surface area (Å²) in [7, 11) is -3.45. The standard InChI is InChI=1S/C8H10O4S2/c9-3-5-14(11,12)6-7(10)8-2-1-4-13-8/h1-2,4,9H,3,5-6H2. The fourth-order valence-electron chi connectivity index (χ4n) is 0.919. The maximum absolute atomic E-state index is 11.3. The third-order valence-corrected chi connectivity index (χ3v) is 3.97. The molecule has 1 aromatic heterocycles. The molecule has 0 aromatic carbocycles. The van der Waals surface area contributed by atoms with Crippen molar-refractivity contribution in [2.75, 3.05) is 18.1 Å². The van der Waals surface area contributed by atoms with Gasteiger partial charge < -0.3 is 5.11 Å². The Morgan fingerprint density at radius 1 is 1.50 bits per heavy atom. The van der Waals surface area contributed by atoms with Crippen LogP contribution in [-0.4, -0.2) is 37.4 Å². The lowest BCUT2D eigenvalue weighted by Crippen LogP contribution is -2.20. The number of hydrogen-bond acceptors (Lipinski definition) is 5. The predicted octanol–water partition coefficient (Wildman–Crippen LogP) is 0.338. The molecule has 0 fully saturated rings. The molecule has 4 nitrogen and oxygen atoms in total. The third-order valence-electron chi connectivity index (χ3n) is 1.55. The first-order chi connectivity index (χ1) is 6.55. The van der Waals surface area contributed by atoms with Gasteiger partial charge in [-0.2, -0.15) is 0 Å². The lowest BCUT2D eigenvalue weighted by atomic mass is 10.4. The van der Waals surface area contributed by atoms with Crippen LogP contribution in [0.1, 0.15) is 9.67 Å². The van der Waals surface area contributed by atoms with E-state index in [1.807, 2.05) is 0 Å². The van der Waals surface area contributed by atoms with Gasteiger partial charge in [-0.05, 0) is 11.4 Å². The maximum atomic E-state index is 11.3. The number of carbonyl (C=O) groups excluding carboxylic acids is 1. The average Bonchev–Trinajstić information content (AvgIpc) is 2.53. The van der Waals surface area contributed by atoms with Gasteiger partial charge in [-0.1, -0.05) is 6.07 Å². The van der Waals surface area contributed by atoms with Crippen LogP contribution in [0.5, 0.6) is 0 Å². The molecular formula is C8H10O4S2. The van der Waals surface area contributed by atoms with Crippen molar-refractivity contribution >= 4 is 27.0 Å². The van der Waals surface area contributed by atoms with Gasteiger partial charge in [0.1, 0.15) is 5.75 Å². The van der Waals surface area contributed by atoms with Crippen LogP contribution >= 0.6 is 11.3 Å².